The van der Waals surface area contributed by atoms with Gasteiger partial charge in [0.1, 0.15) is 5.82 Å². The summed E-state index contributed by atoms with van der Waals surface area (Å²) in [4.78, 5) is 26.0. The average Bonchev–Trinajstić information content (AvgIpc) is 2.60. The molecule has 8 heteroatoms. The highest BCUT2D eigenvalue weighted by atomic mass is 35.5. The van der Waals surface area contributed by atoms with E-state index in [4.69, 9.17) is 16.3 Å². The molecule has 1 heterocycles. The summed E-state index contributed by atoms with van der Waals surface area (Å²) in [6.45, 7) is 3.55. The lowest BCUT2D eigenvalue weighted by molar-refractivity contribution is -0.122. The molecule has 2 N–H and O–H groups in total. The first kappa shape index (κ1) is 20.6. The lowest BCUT2D eigenvalue weighted by Gasteiger charge is -2.31. The molecule has 0 radical (unpaired) electrons. The second kappa shape index (κ2) is 10.4. The third kappa shape index (κ3) is 6.90. The third-order valence-corrected chi connectivity index (χ3v) is 4.60. The molecule has 1 aromatic rings. The highest BCUT2D eigenvalue weighted by Gasteiger charge is 2.21. The first-order valence-corrected chi connectivity index (χ1v) is 9.08. The van der Waals surface area contributed by atoms with Crippen molar-refractivity contribution in [2.45, 2.75) is 12.8 Å². The Bertz CT molecular complexity index is 601. The van der Waals surface area contributed by atoms with Gasteiger partial charge in [0.25, 0.3) is 5.91 Å². The van der Waals surface area contributed by atoms with Crippen molar-refractivity contribution in [3.8, 4) is 0 Å². The van der Waals surface area contributed by atoms with Crippen LogP contribution >= 0.6 is 11.6 Å². The van der Waals surface area contributed by atoms with Crippen molar-refractivity contribution >= 4 is 23.4 Å². The number of halogens is 2. The number of benzene rings is 1. The van der Waals surface area contributed by atoms with Crippen LogP contribution in [0.2, 0.25) is 5.02 Å². The minimum Gasteiger partial charge on any atom is -0.383 e. The van der Waals surface area contributed by atoms with Gasteiger partial charge in [-0.05, 0) is 50.0 Å². The Kier molecular flexibility index (Phi) is 8.28. The molecule has 1 saturated heterocycles. The van der Waals surface area contributed by atoms with Crippen LogP contribution in [0.3, 0.4) is 0 Å². The van der Waals surface area contributed by atoms with Gasteiger partial charge in [-0.25, -0.2) is 4.39 Å². The van der Waals surface area contributed by atoms with Gasteiger partial charge in [0.05, 0.1) is 13.2 Å². The fourth-order valence-electron chi connectivity index (χ4n) is 2.92. The van der Waals surface area contributed by atoms with E-state index in [1.807, 2.05) is 0 Å². The average molecular weight is 386 g/mol. The summed E-state index contributed by atoms with van der Waals surface area (Å²) in [7, 11) is 1.60. The van der Waals surface area contributed by atoms with Crippen LogP contribution in [0.4, 0.5) is 4.39 Å². The van der Waals surface area contributed by atoms with Gasteiger partial charge in [-0.1, -0.05) is 11.6 Å². The number of likely N-dealkylation sites (tertiary alicyclic amines) is 1. The topological polar surface area (TPSA) is 70.7 Å². The summed E-state index contributed by atoms with van der Waals surface area (Å²) in [6, 6.07) is 3.79. The van der Waals surface area contributed by atoms with E-state index in [0.717, 1.165) is 25.9 Å². The van der Waals surface area contributed by atoms with Crippen LogP contribution in [0, 0.1) is 11.7 Å². The van der Waals surface area contributed by atoms with Crippen molar-refractivity contribution in [2.75, 3.05) is 46.4 Å². The number of carbonyl (C=O) groups excluding carboxylic acids is 2. The van der Waals surface area contributed by atoms with Gasteiger partial charge >= 0.3 is 0 Å². The van der Waals surface area contributed by atoms with E-state index in [1.165, 1.54) is 18.2 Å². The zero-order chi connectivity index (χ0) is 18.9. The van der Waals surface area contributed by atoms with Gasteiger partial charge in [-0.2, -0.15) is 0 Å². The minimum absolute atomic E-state index is 0.00298. The van der Waals surface area contributed by atoms with Gasteiger partial charge in [0.2, 0.25) is 5.91 Å². The normalized spacial score (nSPS) is 15.7. The number of hydrogen-bond acceptors (Lipinski definition) is 4. The van der Waals surface area contributed by atoms with Crippen LogP contribution in [0.5, 0.6) is 0 Å². The molecule has 0 saturated carbocycles. The highest BCUT2D eigenvalue weighted by molar-refractivity contribution is 6.31. The molecule has 144 valence electrons. The summed E-state index contributed by atoms with van der Waals surface area (Å²) in [5, 5.41) is 5.84. The molecule has 1 aromatic carbocycles. The van der Waals surface area contributed by atoms with Crippen molar-refractivity contribution in [1.82, 2.24) is 15.5 Å². The molecule has 1 aliphatic rings. The Balaban J connectivity index is 1.68. The largest absolute Gasteiger partial charge is 0.383 e. The number of nitrogens with one attached hydrogen (secondary N) is 2. The zero-order valence-electron chi connectivity index (χ0n) is 14.9. The molecular weight excluding hydrogens is 361 g/mol. The van der Waals surface area contributed by atoms with Crippen molar-refractivity contribution in [3.05, 3.63) is 34.6 Å². The zero-order valence-corrected chi connectivity index (χ0v) is 15.7. The molecule has 0 aromatic heterocycles. The lowest BCUT2D eigenvalue weighted by Crippen LogP contribution is -2.43. The number of hydrogen-bond donors (Lipinski definition) is 2. The fourth-order valence-corrected chi connectivity index (χ4v) is 3.15. The van der Waals surface area contributed by atoms with E-state index in [1.54, 1.807) is 7.11 Å². The van der Waals surface area contributed by atoms with Crippen LogP contribution < -0.4 is 10.6 Å². The predicted molar refractivity (Wildman–Crippen MR) is 97.8 cm³/mol. The highest BCUT2D eigenvalue weighted by Crippen LogP contribution is 2.17. The Morgan fingerprint density at radius 3 is 2.65 bits per heavy atom. The maximum atomic E-state index is 13.3. The molecule has 0 aliphatic carbocycles. The van der Waals surface area contributed by atoms with Gasteiger partial charge in [-0.3, -0.25) is 14.5 Å². The van der Waals surface area contributed by atoms with Gasteiger partial charge in [0.15, 0.2) is 0 Å². The summed E-state index contributed by atoms with van der Waals surface area (Å²) in [5.74, 6) is -0.515. The number of nitrogens with zero attached hydrogens (tertiary/aromatic N) is 1. The SMILES string of the molecule is COCCNC(=O)CN1CCC(CNC(=O)c2cc(F)cc(Cl)c2)CC1. The summed E-state index contributed by atoms with van der Waals surface area (Å²) in [6.07, 6.45) is 1.80. The van der Waals surface area contributed by atoms with E-state index >= 15 is 0 Å². The Morgan fingerprint density at radius 2 is 2.00 bits per heavy atom. The lowest BCUT2D eigenvalue weighted by atomic mass is 9.96. The monoisotopic (exact) mass is 385 g/mol. The minimum atomic E-state index is -0.528. The van der Waals surface area contributed by atoms with E-state index in [2.05, 4.69) is 15.5 Å². The van der Waals surface area contributed by atoms with E-state index in [9.17, 15) is 14.0 Å². The van der Waals surface area contributed by atoms with Crippen molar-refractivity contribution in [2.24, 2.45) is 5.92 Å². The summed E-state index contributed by atoms with van der Waals surface area (Å²) >= 11 is 5.78. The van der Waals surface area contributed by atoms with E-state index < -0.39 is 5.82 Å². The van der Waals surface area contributed by atoms with Crippen LogP contribution in [0.25, 0.3) is 0 Å². The Hall–Kier alpha value is -1.70. The molecule has 0 unspecified atom stereocenters. The second-order valence-electron chi connectivity index (χ2n) is 6.43. The van der Waals surface area contributed by atoms with Gasteiger partial charge < -0.3 is 15.4 Å². The standard InChI is InChI=1S/C18H25ClFN3O3/c1-26-7-4-21-17(24)12-23-5-2-13(3-6-23)11-22-18(25)14-8-15(19)10-16(20)9-14/h8-10,13H,2-7,11-12H2,1H3,(H,21,24)(H,22,25). The molecule has 0 atom stereocenters. The molecule has 6 nitrogen and oxygen atoms in total. The van der Waals surface area contributed by atoms with Gasteiger partial charge in [0, 0.05) is 30.8 Å². The van der Waals surface area contributed by atoms with Crippen LogP contribution in [0.1, 0.15) is 23.2 Å². The quantitative estimate of drug-likeness (QED) is 0.668. The van der Waals surface area contributed by atoms with Crippen LogP contribution in [-0.4, -0.2) is 63.2 Å². The Morgan fingerprint density at radius 1 is 1.27 bits per heavy atom. The fraction of sp³-hybridized carbons (Fsp3) is 0.556. The van der Waals surface area contributed by atoms with E-state index in [-0.39, 0.29) is 22.4 Å². The molecule has 0 bridgehead atoms. The molecule has 26 heavy (non-hydrogen) atoms. The number of methoxy groups -OCH3 is 1. The number of rotatable bonds is 8. The second-order valence-corrected chi connectivity index (χ2v) is 6.87. The molecule has 0 spiro atoms. The van der Waals surface area contributed by atoms with Gasteiger partial charge in [-0.15, -0.1) is 0 Å². The molecule has 2 amide bonds. The number of amides is 2. The first-order chi connectivity index (χ1) is 12.5. The van der Waals surface area contributed by atoms with Crippen LogP contribution in [0.15, 0.2) is 18.2 Å². The smallest absolute Gasteiger partial charge is 0.251 e. The van der Waals surface area contributed by atoms with Crippen LogP contribution in [-0.2, 0) is 9.53 Å². The predicted octanol–water partition coefficient (Wildman–Crippen LogP) is 1.68. The molecule has 1 fully saturated rings. The number of ether oxygens (including phenoxy) is 1. The maximum Gasteiger partial charge on any atom is 0.251 e. The molecule has 2 rings (SSSR count). The van der Waals surface area contributed by atoms with Crippen molar-refractivity contribution in [1.29, 1.82) is 0 Å². The van der Waals surface area contributed by atoms with Crippen molar-refractivity contribution in [3.63, 3.8) is 0 Å². The third-order valence-electron chi connectivity index (χ3n) is 4.38. The maximum absolute atomic E-state index is 13.3. The number of carbonyl (C=O) groups is 2. The molecular formula is C18H25ClFN3O3. The van der Waals surface area contributed by atoms with E-state index in [0.29, 0.717) is 32.2 Å². The summed E-state index contributed by atoms with van der Waals surface area (Å²) < 4.78 is 18.2. The number of piperidine rings is 1. The first-order valence-electron chi connectivity index (χ1n) is 8.70. The summed E-state index contributed by atoms with van der Waals surface area (Å²) in [5.41, 5.74) is 0.222. The molecule has 1 aliphatic heterocycles. The van der Waals surface area contributed by atoms with Crippen molar-refractivity contribution < 1.29 is 18.7 Å². The Labute approximate surface area is 158 Å².